The molecule has 3 aromatic rings. The van der Waals surface area contributed by atoms with Gasteiger partial charge < -0.3 is 144 Å². The molecule has 0 aliphatic heterocycles. The number of primary amides is 2. The Kier molecular flexibility index (Phi) is 49.5. The van der Waals surface area contributed by atoms with Gasteiger partial charge in [-0.05, 0) is 120 Å². The Bertz CT molecular complexity index is 4590. The summed E-state index contributed by atoms with van der Waals surface area (Å²) in [6, 6.07) is -12.0. The van der Waals surface area contributed by atoms with Gasteiger partial charge in [0.25, 0.3) is 0 Å². The van der Waals surface area contributed by atoms with Gasteiger partial charge in [-0.25, -0.2) is 4.79 Å². The van der Waals surface area contributed by atoms with Crippen LogP contribution in [0.3, 0.4) is 0 Å². The van der Waals surface area contributed by atoms with E-state index in [-0.39, 0.29) is 83.7 Å². The van der Waals surface area contributed by atoms with E-state index < -0.39 is 289 Å². The van der Waals surface area contributed by atoms with Crippen LogP contribution in [0.15, 0.2) is 60.8 Å². The number of para-hydroxylation sites is 1. The van der Waals surface area contributed by atoms with Crippen molar-refractivity contribution in [1.82, 2.24) is 90.1 Å². The number of aliphatic hydroxyl groups excluding tert-OH is 2. The zero-order valence-corrected chi connectivity index (χ0v) is 78.0. The quantitative estimate of drug-likeness (QED) is 0.0142. The number of carboxylic acids is 3. The molecule has 1 heterocycles. The number of amides is 17. The van der Waals surface area contributed by atoms with Crippen LogP contribution in [0.5, 0.6) is 0 Å². The number of hydrogen-bond donors (Lipinski definition) is 28. The number of H-pyrrole nitrogens is 1. The first-order valence-electron chi connectivity index (χ1n) is 44.7. The molecule has 21 unspecified atom stereocenters. The van der Waals surface area contributed by atoms with Crippen molar-refractivity contribution in [3.63, 3.8) is 0 Å². The van der Waals surface area contributed by atoms with Crippen LogP contribution in [-0.4, -0.2) is 277 Å². The first-order chi connectivity index (χ1) is 63.4. The minimum Gasteiger partial charge on any atom is -0.481 e. The number of unbranched alkanes of at least 4 members (excludes halogenated alkanes) is 1. The van der Waals surface area contributed by atoms with Crippen molar-refractivity contribution in [2.45, 2.75) is 295 Å². The third-order valence-corrected chi connectivity index (χ3v) is 22.2. The summed E-state index contributed by atoms with van der Waals surface area (Å²) in [6.07, 6.45) is -6.59. The van der Waals surface area contributed by atoms with Crippen LogP contribution in [0.2, 0.25) is 0 Å². The number of aromatic amines is 1. The Balaban J connectivity index is 2.07. The second-order valence-electron chi connectivity index (χ2n) is 34.0. The molecule has 0 fully saturated rings. The van der Waals surface area contributed by atoms with E-state index in [4.69, 9.17) is 34.1 Å². The van der Waals surface area contributed by atoms with Gasteiger partial charge in [0.2, 0.25) is 100 Å². The molecule has 21 atom stereocenters. The van der Waals surface area contributed by atoms with Gasteiger partial charge in [0.1, 0.15) is 90.6 Å². The number of aliphatic carboxylic acids is 3. The van der Waals surface area contributed by atoms with Crippen LogP contribution in [0, 0.1) is 29.1 Å². The number of carbonyl (C=O) groups is 20. The topological polar surface area (TPSA) is 805 Å². The summed E-state index contributed by atoms with van der Waals surface area (Å²) < 4.78 is 0. The van der Waals surface area contributed by atoms with Crippen LogP contribution in [0.4, 0.5) is 0 Å². The predicted molar refractivity (Wildman–Crippen MR) is 488 cm³/mol. The third-order valence-electron chi connectivity index (χ3n) is 22.2. The van der Waals surface area contributed by atoms with Crippen molar-refractivity contribution < 1.29 is 121 Å². The van der Waals surface area contributed by atoms with E-state index in [2.05, 4.69) is 84.7 Å². The summed E-state index contributed by atoms with van der Waals surface area (Å²) in [4.78, 5) is 279. The number of aliphatic hydroxyl groups is 2. The molecule has 48 nitrogen and oxygen atoms in total. The molecular weight excluding hydrogens is 1770 g/mol. The monoisotopic (exact) mass is 1900 g/mol. The van der Waals surface area contributed by atoms with E-state index in [1.165, 1.54) is 33.9 Å². The van der Waals surface area contributed by atoms with Crippen LogP contribution >= 0.6 is 0 Å². The number of fused-ring (bicyclic) bond motifs is 1. The number of aromatic nitrogens is 1. The highest BCUT2D eigenvalue weighted by Gasteiger charge is 2.42. The summed E-state index contributed by atoms with van der Waals surface area (Å²) in [5, 5.41) is 98.0. The lowest BCUT2D eigenvalue weighted by Gasteiger charge is -2.31. The molecule has 0 aliphatic carbocycles. The number of nitrogens with two attached hydrogens (primary N) is 5. The van der Waals surface area contributed by atoms with Crippen LogP contribution in [-0.2, 0) is 109 Å². The fourth-order valence-corrected chi connectivity index (χ4v) is 13.8. The second-order valence-corrected chi connectivity index (χ2v) is 34.0. The summed E-state index contributed by atoms with van der Waals surface area (Å²) in [5.74, 6) is -26.7. The smallest absolute Gasteiger partial charge is 0.326 e. The highest BCUT2D eigenvalue weighted by molar-refractivity contribution is 6.03. The first kappa shape index (κ1) is 116. The molecule has 0 aliphatic rings. The van der Waals surface area contributed by atoms with Crippen molar-refractivity contribution in [2.24, 2.45) is 52.3 Å². The van der Waals surface area contributed by atoms with Crippen molar-refractivity contribution >= 4 is 135 Å². The average molecular weight is 1910 g/mol. The third kappa shape index (κ3) is 40.1. The van der Waals surface area contributed by atoms with Gasteiger partial charge in [-0.3, -0.25) is 96.5 Å². The molecule has 0 radical (unpaired) electrons. The van der Waals surface area contributed by atoms with Gasteiger partial charge in [-0.2, -0.15) is 0 Å². The van der Waals surface area contributed by atoms with Gasteiger partial charge in [0.05, 0.1) is 37.5 Å². The molecular formula is C87H137N23O25. The number of rotatable bonds is 62. The van der Waals surface area contributed by atoms with Gasteiger partial charge in [0.15, 0.2) is 5.96 Å². The Morgan fingerprint density at radius 2 is 0.756 bits per heavy atom. The fraction of sp³-hybridized carbons (Fsp3) is 0.598. The molecule has 1 aromatic heterocycles. The molecule has 2 aromatic carbocycles. The van der Waals surface area contributed by atoms with Crippen LogP contribution < -0.4 is 114 Å². The van der Waals surface area contributed by atoms with E-state index in [0.29, 0.717) is 22.0 Å². The summed E-state index contributed by atoms with van der Waals surface area (Å²) >= 11 is 0. The lowest BCUT2D eigenvalue weighted by Crippen LogP contribution is -2.63. The van der Waals surface area contributed by atoms with E-state index in [9.17, 15) is 107 Å². The summed E-state index contributed by atoms with van der Waals surface area (Å²) in [7, 11) is 0. The number of nitrogens with one attached hydrogen (secondary N) is 18. The Hall–Kier alpha value is -13.5. The predicted octanol–water partition coefficient (Wildman–Crippen LogP) is -5.89. The van der Waals surface area contributed by atoms with Gasteiger partial charge in [-0.15, -0.1) is 0 Å². The number of carboxylic acid groups (broad SMARTS) is 3. The highest BCUT2D eigenvalue weighted by Crippen LogP contribution is 2.22. The number of benzene rings is 2. The van der Waals surface area contributed by atoms with Gasteiger partial charge in [-0.1, -0.05) is 123 Å². The summed E-state index contributed by atoms with van der Waals surface area (Å²) in [5.41, 5.74) is 29.6. The normalized spacial score (nSPS) is 15.9. The Morgan fingerprint density at radius 3 is 1.21 bits per heavy atom. The molecule has 0 bridgehead atoms. The van der Waals surface area contributed by atoms with Crippen molar-refractivity contribution in [3.05, 3.63) is 71.9 Å². The lowest BCUT2D eigenvalue weighted by atomic mass is 9.95. The van der Waals surface area contributed by atoms with E-state index in [0.717, 1.165) is 13.8 Å². The van der Waals surface area contributed by atoms with E-state index in [1.807, 2.05) is 5.32 Å². The molecule has 33 N–H and O–H groups in total. The van der Waals surface area contributed by atoms with Crippen molar-refractivity contribution in [2.75, 3.05) is 13.1 Å². The maximum absolute atomic E-state index is 15.3. The van der Waals surface area contributed by atoms with Gasteiger partial charge >= 0.3 is 17.9 Å². The van der Waals surface area contributed by atoms with Crippen molar-refractivity contribution in [3.8, 4) is 0 Å². The minimum absolute atomic E-state index is 0.00923. The molecule has 0 saturated heterocycles. The van der Waals surface area contributed by atoms with Gasteiger partial charge in [0, 0.05) is 42.9 Å². The molecule has 135 heavy (non-hydrogen) atoms. The SMILES string of the molecule is CCC(C)C(NC(=O)C(Cc1ccccc1)NC(=O)C(CC(=O)O)NC(=O)C(CCCNC(=N)N)NC(=O)C(C)NC(=O)C(C)N)C(=O)NC(CC(N)=O)C(=O)NC(Cc1c[nH]c2ccccc12)C(=O)NC(CC(C)C)C(=O)NC(C(=O)NC(CCC(N)=O)C(=O)NC(C(=O)NC(CCCCN)C(=O)NC(C(=O)NC(C(=O)NC(CC(=O)O)C(=O)O)C(C)O)C(C)CC)C(C)O)C(C)CC. The van der Waals surface area contributed by atoms with E-state index >= 15 is 14.4 Å². The van der Waals surface area contributed by atoms with Crippen LogP contribution in [0.1, 0.15) is 184 Å². The molecule has 0 saturated carbocycles. The number of carbonyl (C=O) groups excluding carboxylic acids is 17. The molecule has 3 rings (SSSR count). The minimum atomic E-state index is -1.99. The maximum atomic E-state index is 15.3. The maximum Gasteiger partial charge on any atom is 0.326 e. The Labute approximate surface area is 780 Å². The van der Waals surface area contributed by atoms with Crippen LogP contribution in [0.25, 0.3) is 10.9 Å². The van der Waals surface area contributed by atoms with Crippen molar-refractivity contribution in [1.29, 1.82) is 5.41 Å². The number of hydrogen-bond acceptors (Lipinski definition) is 25. The average Bonchev–Trinajstić information content (AvgIpc) is 1.74. The molecule has 17 amide bonds. The zero-order chi connectivity index (χ0) is 102. The number of guanidine groups is 1. The lowest BCUT2D eigenvalue weighted by molar-refractivity contribution is -0.148. The fourth-order valence-electron chi connectivity index (χ4n) is 13.8. The standard InChI is InChI=1S/C87H137N23O25/c1-13-42(6)66(81(129)99-55(30-31-62(90)113)75(123)109-69(47(11)111)84(132)98-53(28-21-22-32-88)74(122)106-68(44(8)15-3)83(131)110-70(48(12)112)85(133)105-61(86(134)135)39-65(117)118)107-79(127)56(34-41(4)5)100-76(124)58(36-50-40-95-52-27-20-19-26-51(50)52)102-77(125)59(37-63(91)114)104-82(130)67(43(7)14-2)108-80(128)57(35-49-24-17-16-18-25-49)101-78(126)60(38-64(115)116)103-73(121)54(29-23-33-94-87(92)93)97-72(120)46(10)96-71(119)45(9)89/h16-20,24-27,40-48,53-61,66-70,95,111-112H,13-15,21-23,28-39,88-89H2,1-12H3,(H2,90,113)(H2,91,114)(H,96,119)(H,97,120)(H,98,132)(H,99,129)(H,100,124)(H,101,126)(H,102,125)(H,103,121)(H,104,130)(H,105,133)(H,106,122)(H,107,127)(H,108,128)(H,109,123)(H,110,131)(H,115,116)(H,117,118)(H,134,135)(H4,92,93,94). The second kappa shape index (κ2) is 57.8. The summed E-state index contributed by atoms with van der Waals surface area (Å²) in [6.45, 7) is 17.8. The first-order valence-corrected chi connectivity index (χ1v) is 44.7. The molecule has 0 spiro atoms. The Morgan fingerprint density at radius 1 is 0.385 bits per heavy atom. The highest BCUT2D eigenvalue weighted by atomic mass is 16.4. The molecule has 750 valence electrons. The largest absolute Gasteiger partial charge is 0.481 e. The molecule has 48 heteroatoms. The zero-order valence-electron chi connectivity index (χ0n) is 78.0. The van der Waals surface area contributed by atoms with E-state index in [1.54, 1.807) is 96.1 Å².